The molecule has 0 saturated carbocycles. The molecule has 31 heavy (non-hydrogen) atoms. The van der Waals surface area contributed by atoms with Crippen molar-refractivity contribution in [3.63, 3.8) is 0 Å². The summed E-state index contributed by atoms with van der Waals surface area (Å²) in [6.07, 6.45) is 2.88. The number of ether oxygens (including phenoxy) is 2. The topological polar surface area (TPSA) is 80.8 Å². The monoisotopic (exact) mass is 441 g/mol. The molecule has 4 rings (SSSR count). The average molecular weight is 442 g/mol. The van der Waals surface area contributed by atoms with E-state index in [9.17, 15) is 8.42 Å². The minimum atomic E-state index is -3.51. The number of aromatic nitrogens is 1. The molecule has 1 saturated heterocycles. The van der Waals surface area contributed by atoms with Crippen molar-refractivity contribution in [2.75, 3.05) is 26.1 Å². The molecule has 1 fully saturated rings. The van der Waals surface area contributed by atoms with Gasteiger partial charge in [0.15, 0.2) is 11.5 Å². The van der Waals surface area contributed by atoms with Gasteiger partial charge in [-0.15, -0.1) is 0 Å². The number of pyridine rings is 1. The maximum Gasteiger partial charge on any atom is 0.243 e. The number of nitrogens with one attached hydrogen (secondary N) is 1. The van der Waals surface area contributed by atoms with Crippen molar-refractivity contribution in [2.45, 2.75) is 37.1 Å². The van der Waals surface area contributed by atoms with Crippen molar-refractivity contribution >= 4 is 32.4 Å². The first-order valence-electron chi connectivity index (χ1n) is 10.3. The zero-order valence-corrected chi connectivity index (χ0v) is 18.8. The lowest BCUT2D eigenvalue weighted by Gasteiger charge is -2.32. The number of fused-ring (bicyclic) bond motifs is 1. The second-order valence-corrected chi connectivity index (χ2v) is 9.60. The average Bonchev–Trinajstić information content (AvgIpc) is 2.78. The van der Waals surface area contributed by atoms with E-state index in [1.165, 1.54) is 0 Å². The first-order chi connectivity index (χ1) is 14.9. The zero-order chi connectivity index (χ0) is 22.0. The van der Waals surface area contributed by atoms with Gasteiger partial charge >= 0.3 is 0 Å². The van der Waals surface area contributed by atoms with Crippen LogP contribution >= 0.6 is 0 Å². The highest BCUT2D eigenvalue weighted by Gasteiger charge is 2.31. The molecule has 8 heteroatoms. The van der Waals surface area contributed by atoms with Crippen molar-refractivity contribution in [1.82, 2.24) is 9.29 Å². The molecule has 1 atom stereocenters. The van der Waals surface area contributed by atoms with Crippen LogP contribution in [0.15, 0.2) is 53.4 Å². The molecular weight excluding hydrogens is 414 g/mol. The van der Waals surface area contributed by atoms with Gasteiger partial charge in [0.2, 0.25) is 10.0 Å². The van der Waals surface area contributed by atoms with E-state index in [1.807, 2.05) is 37.3 Å². The molecule has 0 amide bonds. The van der Waals surface area contributed by atoms with E-state index in [-0.39, 0.29) is 6.04 Å². The van der Waals surface area contributed by atoms with Crippen LogP contribution in [0.25, 0.3) is 10.9 Å². The lowest BCUT2D eigenvalue weighted by Crippen LogP contribution is -2.41. The highest BCUT2D eigenvalue weighted by atomic mass is 32.2. The summed E-state index contributed by atoms with van der Waals surface area (Å²) in [6, 6.07) is 14.4. The van der Waals surface area contributed by atoms with Crippen LogP contribution in [0.3, 0.4) is 0 Å². The third kappa shape index (κ3) is 4.31. The molecule has 1 aliphatic rings. The molecule has 2 aromatic carbocycles. The Morgan fingerprint density at radius 2 is 1.81 bits per heavy atom. The molecule has 0 radical (unpaired) electrons. The SMILES string of the molecule is COc1ccc(Nc2ccc3cc(S(=O)(=O)N4CCCC[C@H]4C)ccc3n2)cc1OC. The van der Waals surface area contributed by atoms with Gasteiger partial charge in [-0.05, 0) is 62.2 Å². The largest absolute Gasteiger partial charge is 0.493 e. The molecule has 0 unspecified atom stereocenters. The number of anilines is 2. The number of piperidine rings is 1. The van der Waals surface area contributed by atoms with Gasteiger partial charge in [0.1, 0.15) is 5.82 Å². The van der Waals surface area contributed by atoms with Crippen LogP contribution in [-0.2, 0) is 10.0 Å². The summed E-state index contributed by atoms with van der Waals surface area (Å²) in [5, 5.41) is 4.03. The van der Waals surface area contributed by atoms with E-state index >= 15 is 0 Å². The fourth-order valence-electron chi connectivity index (χ4n) is 3.96. The molecule has 0 bridgehead atoms. The van der Waals surface area contributed by atoms with E-state index in [0.29, 0.717) is 28.8 Å². The number of rotatable bonds is 6. The third-order valence-corrected chi connectivity index (χ3v) is 7.67. The van der Waals surface area contributed by atoms with Crippen LogP contribution in [-0.4, -0.2) is 44.5 Å². The van der Waals surface area contributed by atoms with Gasteiger partial charge in [-0.25, -0.2) is 13.4 Å². The molecule has 2 heterocycles. The van der Waals surface area contributed by atoms with Gasteiger partial charge in [0.25, 0.3) is 0 Å². The van der Waals surface area contributed by atoms with E-state index in [1.54, 1.807) is 36.7 Å². The van der Waals surface area contributed by atoms with Crippen molar-refractivity contribution in [1.29, 1.82) is 0 Å². The lowest BCUT2D eigenvalue weighted by molar-refractivity contribution is 0.268. The van der Waals surface area contributed by atoms with Gasteiger partial charge < -0.3 is 14.8 Å². The van der Waals surface area contributed by atoms with Gasteiger partial charge in [-0.1, -0.05) is 6.42 Å². The first kappa shape index (κ1) is 21.4. The van der Waals surface area contributed by atoms with E-state index in [0.717, 1.165) is 35.9 Å². The minimum absolute atomic E-state index is 0.0284. The van der Waals surface area contributed by atoms with E-state index < -0.39 is 10.0 Å². The number of sulfonamides is 1. The van der Waals surface area contributed by atoms with Crippen LogP contribution in [0.1, 0.15) is 26.2 Å². The normalized spacial score (nSPS) is 17.5. The second-order valence-electron chi connectivity index (χ2n) is 7.71. The molecule has 1 aliphatic heterocycles. The van der Waals surface area contributed by atoms with Crippen LogP contribution in [0.5, 0.6) is 11.5 Å². The summed E-state index contributed by atoms with van der Waals surface area (Å²) in [4.78, 5) is 4.94. The van der Waals surface area contributed by atoms with Crippen LogP contribution in [0.4, 0.5) is 11.5 Å². The molecular formula is C23H27N3O4S. The predicted octanol–water partition coefficient (Wildman–Crippen LogP) is 4.56. The summed E-state index contributed by atoms with van der Waals surface area (Å²) in [5.74, 6) is 1.92. The maximum atomic E-state index is 13.1. The van der Waals surface area contributed by atoms with Crippen molar-refractivity contribution in [3.8, 4) is 11.5 Å². The highest BCUT2D eigenvalue weighted by molar-refractivity contribution is 7.89. The van der Waals surface area contributed by atoms with Gasteiger partial charge in [-0.3, -0.25) is 0 Å². The summed E-state index contributed by atoms with van der Waals surface area (Å²) in [6.45, 7) is 2.55. The predicted molar refractivity (Wildman–Crippen MR) is 122 cm³/mol. The number of hydrogen-bond donors (Lipinski definition) is 1. The standard InChI is InChI=1S/C23H27N3O4S/c1-16-6-4-5-13-26(16)31(27,28)19-9-10-20-17(14-19)7-12-23(25-20)24-18-8-11-21(29-2)22(15-18)30-3/h7-12,14-16H,4-6,13H2,1-3H3,(H,24,25)/t16-/m1/s1. The Morgan fingerprint density at radius 3 is 2.55 bits per heavy atom. The van der Waals surface area contributed by atoms with Gasteiger partial charge in [0.05, 0.1) is 24.6 Å². The lowest BCUT2D eigenvalue weighted by atomic mass is 10.1. The highest BCUT2D eigenvalue weighted by Crippen LogP contribution is 2.32. The smallest absolute Gasteiger partial charge is 0.243 e. The van der Waals surface area contributed by atoms with Crippen molar-refractivity contribution < 1.29 is 17.9 Å². The Kier molecular flexibility index (Phi) is 6.02. The number of methoxy groups -OCH3 is 2. The first-order valence-corrected chi connectivity index (χ1v) is 11.8. The van der Waals surface area contributed by atoms with Crippen molar-refractivity contribution in [2.24, 2.45) is 0 Å². The Labute approximate surface area is 183 Å². The molecule has 0 spiro atoms. The Morgan fingerprint density at radius 1 is 1.00 bits per heavy atom. The quantitative estimate of drug-likeness (QED) is 0.604. The van der Waals surface area contributed by atoms with Crippen molar-refractivity contribution in [3.05, 3.63) is 48.5 Å². The Balaban J connectivity index is 1.60. The molecule has 3 aromatic rings. The zero-order valence-electron chi connectivity index (χ0n) is 18.0. The second kappa shape index (κ2) is 8.72. The number of hydrogen-bond acceptors (Lipinski definition) is 6. The van der Waals surface area contributed by atoms with E-state index in [4.69, 9.17) is 9.47 Å². The van der Waals surface area contributed by atoms with Gasteiger partial charge in [-0.2, -0.15) is 4.31 Å². The summed E-state index contributed by atoms with van der Waals surface area (Å²) in [5.41, 5.74) is 1.53. The Bertz CT molecular complexity index is 1200. The fourth-order valence-corrected chi connectivity index (χ4v) is 5.70. The van der Waals surface area contributed by atoms with Crippen LogP contribution in [0.2, 0.25) is 0 Å². The Hall–Kier alpha value is -2.84. The molecule has 0 aliphatic carbocycles. The van der Waals surface area contributed by atoms with Crippen LogP contribution in [0, 0.1) is 0 Å². The fraction of sp³-hybridized carbons (Fsp3) is 0.348. The molecule has 164 valence electrons. The molecule has 1 aromatic heterocycles. The summed E-state index contributed by atoms with van der Waals surface area (Å²) < 4.78 is 38.5. The number of nitrogens with zero attached hydrogens (tertiary/aromatic N) is 2. The minimum Gasteiger partial charge on any atom is -0.493 e. The van der Waals surface area contributed by atoms with E-state index in [2.05, 4.69) is 10.3 Å². The summed E-state index contributed by atoms with van der Waals surface area (Å²) in [7, 11) is -0.329. The van der Waals surface area contributed by atoms with Crippen LogP contribution < -0.4 is 14.8 Å². The maximum absolute atomic E-state index is 13.1. The molecule has 1 N–H and O–H groups in total. The number of benzene rings is 2. The summed E-state index contributed by atoms with van der Waals surface area (Å²) >= 11 is 0. The third-order valence-electron chi connectivity index (χ3n) is 5.67. The van der Waals surface area contributed by atoms with Gasteiger partial charge in [0, 0.05) is 29.7 Å². The molecule has 7 nitrogen and oxygen atoms in total.